The third kappa shape index (κ3) is 3.38. The highest BCUT2D eigenvalue weighted by Gasteiger charge is 2.16. The van der Waals surface area contributed by atoms with Gasteiger partial charge in [0.05, 0.1) is 7.11 Å². The van der Waals surface area contributed by atoms with Crippen LogP contribution in [0.5, 0.6) is 5.75 Å². The summed E-state index contributed by atoms with van der Waals surface area (Å²) >= 11 is 3.43. The molecule has 0 aliphatic rings. The standard InChI is InChI=1S/C16H17BrFNO/c1-19-15(9-11-5-3-4-6-14(11)18)13-8-7-12(17)10-16(13)20-2/h3-8,10,15,19H,9H2,1-2H3. The molecular formula is C16H17BrFNO. The number of methoxy groups -OCH3 is 1. The number of ether oxygens (including phenoxy) is 1. The summed E-state index contributed by atoms with van der Waals surface area (Å²) < 4.78 is 20.2. The normalized spacial score (nSPS) is 12.2. The fourth-order valence-electron chi connectivity index (χ4n) is 2.22. The van der Waals surface area contributed by atoms with Crippen molar-refractivity contribution < 1.29 is 9.13 Å². The summed E-state index contributed by atoms with van der Waals surface area (Å²) in [6, 6.07) is 12.7. The van der Waals surface area contributed by atoms with Crippen molar-refractivity contribution in [2.45, 2.75) is 12.5 Å². The third-order valence-corrected chi connectivity index (χ3v) is 3.79. The van der Waals surface area contributed by atoms with Crippen LogP contribution in [0, 0.1) is 5.82 Å². The van der Waals surface area contributed by atoms with Crippen LogP contribution in [-0.2, 0) is 6.42 Å². The van der Waals surface area contributed by atoms with Crippen molar-refractivity contribution in [2.75, 3.05) is 14.2 Å². The molecule has 0 amide bonds. The van der Waals surface area contributed by atoms with Gasteiger partial charge >= 0.3 is 0 Å². The molecule has 1 atom stereocenters. The molecule has 0 spiro atoms. The average Bonchev–Trinajstić information content (AvgIpc) is 2.46. The predicted molar refractivity (Wildman–Crippen MR) is 82.6 cm³/mol. The molecule has 1 N–H and O–H groups in total. The van der Waals surface area contributed by atoms with Crippen molar-refractivity contribution in [3.63, 3.8) is 0 Å². The Labute approximate surface area is 127 Å². The topological polar surface area (TPSA) is 21.3 Å². The number of likely N-dealkylation sites (N-methyl/N-ethyl adjacent to an activating group) is 1. The van der Waals surface area contributed by atoms with Crippen LogP contribution in [0.4, 0.5) is 4.39 Å². The van der Waals surface area contributed by atoms with Gasteiger partial charge in [-0.3, -0.25) is 0 Å². The second-order valence-corrected chi connectivity index (χ2v) is 5.44. The lowest BCUT2D eigenvalue weighted by Gasteiger charge is -2.20. The van der Waals surface area contributed by atoms with Gasteiger partial charge in [0.2, 0.25) is 0 Å². The van der Waals surface area contributed by atoms with E-state index in [0.29, 0.717) is 12.0 Å². The van der Waals surface area contributed by atoms with Gasteiger partial charge in [-0.15, -0.1) is 0 Å². The van der Waals surface area contributed by atoms with Crippen molar-refractivity contribution in [1.29, 1.82) is 0 Å². The summed E-state index contributed by atoms with van der Waals surface area (Å²) in [6.07, 6.45) is 0.571. The molecule has 0 aromatic heterocycles. The van der Waals surface area contributed by atoms with E-state index in [1.165, 1.54) is 6.07 Å². The van der Waals surface area contributed by atoms with Crippen LogP contribution in [0.3, 0.4) is 0 Å². The van der Waals surface area contributed by atoms with E-state index in [1.807, 2.05) is 37.4 Å². The highest BCUT2D eigenvalue weighted by atomic mass is 79.9. The molecule has 20 heavy (non-hydrogen) atoms. The maximum atomic E-state index is 13.8. The van der Waals surface area contributed by atoms with Gasteiger partial charge in [-0.1, -0.05) is 40.2 Å². The SMILES string of the molecule is CNC(Cc1ccccc1F)c1ccc(Br)cc1OC. The summed E-state index contributed by atoms with van der Waals surface area (Å²) in [7, 11) is 3.51. The summed E-state index contributed by atoms with van der Waals surface area (Å²) in [5.41, 5.74) is 1.71. The summed E-state index contributed by atoms with van der Waals surface area (Å²) in [5, 5.41) is 3.23. The number of nitrogens with one attached hydrogen (secondary N) is 1. The lowest BCUT2D eigenvalue weighted by Crippen LogP contribution is -2.20. The zero-order valence-corrected chi connectivity index (χ0v) is 13.1. The zero-order chi connectivity index (χ0) is 14.5. The number of hydrogen-bond donors (Lipinski definition) is 1. The Bertz CT molecular complexity index is 588. The Morgan fingerprint density at radius 2 is 2.00 bits per heavy atom. The van der Waals surface area contributed by atoms with Gasteiger partial charge in [0.15, 0.2) is 0 Å². The van der Waals surface area contributed by atoms with E-state index in [9.17, 15) is 4.39 Å². The van der Waals surface area contributed by atoms with Crippen molar-refractivity contribution in [3.05, 3.63) is 63.9 Å². The second kappa shape index (κ2) is 6.86. The van der Waals surface area contributed by atoms with E-state index in [1.54, 1.807) is 13.2 Å². The molecule has 2 aromatic rings. The third-order valence-electron chi connectivity index (χ3n) is 3.30. The molecule has 0 saturated carbocycles. The molecule has 106 valence electrons. The quantitative estimate of drug-likeness (QED) is 0.886. The summed E-state index contributed by atoms with van der Waals surface area (Å²) in [4.78, 5) is 0. The molecule has 0 heterocycles. The van der Waals surface area contributed by atoms with Crippen LogP contribution in [0.25, 0.3) is 0 Å². The number of rotatable bonds is 5. The molecule has 2 aromatic carbocycles. The molecular weight excluding hydrogens is 321 g/mol. The van der Waals surface area contributed by atoms with Gasteiger partial charge in [-0.25, -0.2) is 4.39 Å². The van der Waals surface area contributed by atoms with Crippen LogP contribution in [-0.4, -0.2) is 14.2 Å². The minimum atomic E-state index is -0.177. The summed E-state index contributed by atoms with van der Waals surface area (Å²) in [5.74, 6) is 0.610. The Kier molecular flexibility index (Phi) is 5.15. The largest absolute Gasteiger partial charge is 0.496 e. The van der Waals surface area contributed by atoms with E-state index >= 15 is 0 Å². The van der Waals surface area contributed by atoms with E-state index in [-0.39, 0.29) is 11.9 Å². The Balaban J connectivity index is 2.31. The van der Waals surface area contributed by atoms with Gasteiger partial charge in [0.25, 0.3) is 0 Å². The lowest BCUT2D eigenvalue weighted by molar-refractivity contribution is 0.400. The van der Waals surface area contributed by atoms with Crippen molar-refractivity contribution >= 4 is 15.9 Å². The first kappa shape index (κ1) is 15.0. The number of halogens is 2. The molecule has 2 rings (SSSR count). The maximum Gasteiger partial charge on any atom is 0.126 e. The molecule has 0 bridgehead atoms. The van der Waals surface area contributed by atoms with Crippen molar-refractivity contribution in [2.24, 2.45) is 0 Å². The first-order valence-corrected chi connectivity index (χ1v) is 7.19. The van der Waals surface area contributed by atoms with E-state index in [0.717, 1.165) is 15.8 Å². The highest BCUT2D eigenvalue weighted by Crippen LogP contribution is 2.30. The fourth-order valence-corrected chi connectivity index (χ4v) is 2.56. The Hall–Kier alpha value is -1.39. The number of hydrogen-bond acceptors (Lipinski definition) is 2. The van der Waals surface area contributed by atoms with Gasteiger partial charge in [0, 0.05) is 16.1 Å². The molecule has 0 aliphatic carbocycles. The van der Waals surface area contributed by atoms with Crippen LogP contribution >= 0.6 is 15.9 Å². The first-order valence-electron chi connectivity index (χ1n) is 6.39. The second-order valence-electron chi connectivity index (χ2n) is 4.52. The van der Waals surface area contributed by atoms with Gasteiger partial charge in [0.1, 0.15) is 11.6 Å². The number of benzene rings is 2. The van der Waals surface area contributed by atoms with Crippen molar-refractivity contribution in [1.82, 2.24) is 5.32 Å². The molecule has 1 unspecified atom stereocenters. The lowest BCUT2D eigenvalue weighted by atomic mass is 9.98. The minimum absolute atomic E-state index is 0.00468. The van der Waals surface area contributed by atoms with E-state index in [2.05, 4.69) is 21.2 Å². The molecule has 0 aliphatic heterocycles. The fraction of sp³-hybridized carbons (Fsp3) is 0.250. The molecule has 0 radical (unpaired) electrons. The zero-order valence-electron chi connectivity index (χ0n) is 11.5. The molecule has 4 heteroatoms. The molecule has 0 fully saturated rings. The van der Waals surface area contributed by atoms with Crippen LogP contribution in [0.2, 0.25) is 0 Å². The summed E-state index contributed by atoms with van der Waals surface area (Å²) in [6.45, 7) is 0. The van der Waals surface area contributed by atoms with E-state index in [4.69, 9.17) is 4.74 Å². The van der Waals surface area contributed by atoms with Crippen molar-refractivity contribution in [3.8, 4) is 5.75 Å². The van der Waals surface area contributed by atoms with Gasteiger partial charge in [-0.05, 0) is 37.2 Å². The smallest absolute Gasteiger partial charge is 0.126 e. The molecule has 2 nitrogen and oxygen atoms in total. The van der Waals surface area contributed by atoms with E-state index < -0.39 is 0 Å². The van der Waals surface area contributed by atoms with Gasteiger partial charge in [-0.2, -0.15) is 0 Å². The monoisotopic (exact) mass is 337 g/mol. The van der Waals surface area contributed by atoms with Gasteiger partial charge < -0.3 is 10.1 Å². The first-order chi connectivity index (χ1) is 9.65. The Morgan fingerprint density at radius 3 is 2.65 bits per heavy atom. The predicted octanol–water partition coefficient (Wildman–Crippen LogP) is 4.10. The highest BCUT2D eigenvalue weighted by molar-refractivity contribution is 9.10. The van der Waals surface area contributed by atoms with Crippen LogP contribution < -0.4 is 10.1 Å². The Morgan fingerprint density at radius 1 is 1.25 bits per heavy atom. The minimum Gasteiger partial charge on any atom is -0.496 e. The van der Waals surface area contributed by atoms with Crippen LogP contribution in [0.15, 0.2) is 46.9 Å². The maximum absolute atomic E-state index is 13.8. The molecule has 0 saturated heterocycles. The average molecular weight is 338 g/mol. The van der Waals surface area contributed by atoms with Crippen LogP contribution in [0.1, 0.15) is 17.2 Å².